The second-order valence-corrected chi connectivity index (χ2v) is 7.59. The van der Waals surface area contributed by atoms with Crippen molar-refractivity contribution in [2.75, 3.05) is 38.0 Å². The summed E-state index contributed by atoms with van der Waals surface area (Å²) >= 11 is 3.50. The van der Waals surface area contributed by atoms with Gasteiger partial charge in [0.15, 0.2) is 0 Å². The summed E-state index contributed by atoms with van der Waals surface area (Å²) in [6, 6.07) is 11.8. The first kappa shape index (κ1) is 21.4. The molecule has 2 aromatic rings. The molecule has 0 unspecified atom stereocenters. The molecule has 0 atom stereocenters. The van der Waals surface area contributed by atoms with Crippen LogP contribution in [0, 0.1) is 0 Å². The zero-order valence-corrected chi connectivity index (χ0v) is 18.3. The standard InChI is InChI=1S/C21H21BrN4O4/c1-25(2)17-9-8-13(10-14(17)22)11-16-20(28)26(21(29)24-16)12-19(27)23-15-6-4-5-7-18(15)30-3/h4-11H,12H2,1-3H3,(H,23,27)(H,24,29)/b16-11+. The third-order valence-electron chi connectivity index (χ3n) is 4.41. The van der Waals surface area contributed by atoms with Gasteiger partial charge in [-0.15, -0.1) is 0 Å². The van der Waals surface area contributed by atoms with Crippen LogP contribution in [0.15, 0.2) is 52.6 Å². The maximum Gasteiger partial charge on any atom is 0.329 e. The fraction of sp³-hybridized carbons (Fsp3) is 0.190. The number of para-hydroxylation sites is 2. The molecule has 0 radical (unpaired) electrons. The molecule has 2 aromatic carbocycles. The van der Waals surface area contributed by atoms with Crippen LogP contribution < -0.4 is 20.3 Å². The predicted molar refractivity (Wildman–Crippen MR) is 118 cm³/mol. The summed E-state index contributed by atoms with van der Waals surface area (Å²) in [7, 11) is 5.34. The van der Waals surface area contributed by atoms with Crippen molar-refractivity contribution in [2.24, 2.45) is 0 Å². The van der Waals surface area contributed by atoms with Crippen molar-refractivity contribution in [2.45, 2.75) is 0 Å². The summed E-state index contributed by atoms with van der Waals surface area (Å²) < 4.78 is 6.04. The third-order valence-corrected chi connectivity index (χ3v) is 5.04. The largest absolute Gasteiger partial charge is 0.495 e. The van der Waals surface area contributed by atoms with Gasteiger partial charge in [-0.05, 0) is 51.8 Å². The average Bonchev–Trinajstić information content (AvgIpc) is 2.95. The van der Waals surface area contributed by atoms with Crippen LogP contribution in [-0.4, -0.2) is 50.5 Å². The van der Waals surface area contributed by atoms with E-state index >= 15 is 0 Å². The molecule has 156 valence electrons. The molecule has 1 heterocycles. The van der Waals surface area contributed by atoms with Crippen molar-refractivity contribution in [1.29, 1.82) is 0 Å². The smallest absolute Gasteiger partial charge is 0.329 e. The van der Waals surface area contributed by atoms with E-state index in [1.54, 1.807) is 30.3 Å². The first-order chi connectivity index (χ1) is 14.3. The van der Waals surface area contributed by atoms with Crippen LogP contribution >= 0.6 is 15.9 Å². The van der Waals surface area contributed by atoms with Crippen LogP contribution in [0.25, 0.3) is 6.08 Å². The van der Waals surface area contributed by atoms with Crippen LogP contribution in [-0.2, 0) is 9.59 Å². The maximum absolute atomic E-state index is 12.6. The van der Waals surface area contributed by atoms with Gasteiger partial charge in [-0.3, -0.25) is 9.59 Å². The van der Waals surface area contributed by atoms with Gasteiger partial charge in [-0.2, -0.15) is 0 Å². The Bertz CT molecular complexity index is 1040. The monoisotopic (exact) mass is 472 g/mol. The summed E-state index contributed by atoms with van der Waals surface area (Å²) in [5, 5.41) is 5.17. The molecule has 30 heavy (non-hydrogen) atoms. The lowest BCUT2D eigenvalue weighted by molar-refractivity contribution is -0.127. The first-order valence-electron chi connectivity index (χ1n) is 9.04. The van der Waals surface area contributed by atoms with Crippen molar-refractivity contribution < 1.29 is 19.1 Å². The van der Waals surface area contributed by atoms with E-state index in [9.17, 15) is 14.4 Å². The van der Waals surface area contributed by atoms with Crippen molar-refractivity contribution in [1.82, 2.24) is 10.2 Å². The quantitative estimate of drug-likeness (QED) is 0.497. The van der Waals surface area contributed by atoms with E-state index in [4.69, 9.17) is 4.74 Å². The number of ether oxygens (including phenoxy) is 1. The zero-order valence-electron chi connectivity index (χ0n) is 16.7. The Hall–Kier alpha value is -3.33. The number of hydrogen-bond acceptors (Lipinski definition) is 5. The second-order valence-electron chi connectivity index (χ2n) is 6.73. The van der Waals surface area contributed by atoms with Crippen LogP contribution in [0.5, 0.6) is 5.75 Å². The fourth-order valence-corrected chi connectivity index (χ4v) is 3.69. The highest BCUT2D eigenvalue weighted by Gasteiger charge is 2.35. The van der Waals surface area contributed by atoms with E-state index in [1.807, 2.05) is 37.2 Å². The molecule has 0 aromatic heterocycles. The van der Waals surface area contributed by atoms with Gasteiger partial charge in [0, 0.05) is 18.6 Å². The number of methoxy groups -OCH3 is 1. The zero-order chi connectivity index (χ0) is 21.8. The summed E-state index contributed by atoms with van der Waals surface area (Å²) in [6.07, 6.45) is 1.57. The van der Waals surface area contributed by atoms with E-state index in [-0.39, 0.29) is 5.70 Å². The number of halogens is 1. The number of rotatable bonds is 6. The van der Waals surface area contributed by atoms with Crippen molar-refractivity contribution >= 4 is 51.2 Å². The van der Waals surface area contributed by atoms with Crippen LogP contribution in [0.4, 0.5) is 16.2 Å². The number of hydrogen-bond donors (Lipinski definition) is 2. The molecule has 0 saturated carbocycles. The third kappa shape index (κ3) is 4.62. The van der Waals surface area contributed by atoms with Gasteiger partial charge in [0.25, 0.3) is 5.91 Å². The van der Waals surface area contributed by atoms with Gasteiger partial charge in [-0.1, -0.05) is 18.2 Å². The highest BCUT2D eigenvalue weighted by Crippen LogP contribution is 2.27. The van der Waals surface area contributed by atoms with Crippen LogP contribution in [0.3, 0.4) is 0 Å². The Morgan fingerprint density at radius 3 is 2.63 bits per heavy atom. The molecule has 0 bridgehead atoms. The average molecular weight is 473 g/mol. The lowest BCUT2D eigenvalue weighted by Crippen LogP contribution is -2.38. The highest BCUT2D eigenvalue weighted by molar-refractivity contribution is 9.10. The Morgan fingerprint density at radius 1 is 1.23 bits per heavy atom. The number of carbonyl (C=O) groups is 3. The SMILES string of the molecule is COc1ccccc1NC(=O)CN1C(=O)N/C(=C/c2ccc(N(C)C)c(Br)c2)C1=O. The molecule has 4 amide bonds. The number of nitrogens with one attached hydrogen (secondary N) is 2. The molecule has 1 saturated heterocycles. The van der Waals surface area contributed by atoms with E-state index in [0.717, 1.165) is 20.6 Å². The molecule has 2 N–H and O–H groups in total. The molecule has 1 aliphatic rings. The van der Waals surface area contributed by atoms with Crippen molar-refractivity contribution in [3.63, 3.8) is 0 Å². The molecule has 8 nitrogen and oxygen atoms in total. The van der Waals surface area contributed by atoms with Gasteiger partial charge in [-0.25, -0.2) is 9.69 Å². The number of urea groups is 1. The van der Waals surface area contributed by atoms with Crippen molar-refractivity contribution in [3.8, 4) is 5.75 Å². The van der Waals surface area contributed by atoms with Gasteiger partial charge < -0.3 is 20.3 Å². The Kier molecular flexibility index (Phi) is 6.41. The fourth-order valence-electron chi connectivity index (χ4n) is 2.94. The van der Waals surface area contributed by atoms with Gasteiger partial charge in [0.2, 0.25) is 5.91 Å². The first-order valence-corrected chi connectivity index (χ1v) is 9.83. The van der Waals surface area contributed by atoms with Gasteiger partial charge in [0.05, 0.1) is 18.5 Å². The minimum Gasteiger partial charge on any atom is -0.495 e. The van der Waals surface area contributed by atoms with E-state index in [0.29, 0.717) is 11.4 Å². The number of benzene rings is 2. The molecular formula is C21H21BrN4O4. The Morgan fingerprint density at radius 2 is 1.97 bits per heavy atom. The summed E-state index contributed by atoms with van der Waals surface area (Å²) in [4.78, 5) is 40.1. The maximum atomic E-state index is 12.6. The van der Waals surface area contributed by atoms with Gasteiger partial charge in [0.1, 0.15) is 18.0 Å². The highest BCUT2D eigenvalue weighted by atomic mass is 79.9. The molecule has 0 aliphatic carbocycles. The molecule has 1 fully saturated rings. The molecular weight excluding hydrogens is 452 g/mol. The number of amides is 4. The van der Waals surface area contributed by atoms with E-state index in [1.165, 1.54) is 7.11 Å². The normalized spacial score (nSPS) is 14.7. The number of imide groups is 1. The number of nitrogens with zero attached hydrogens (tertiary/aromatic N) is 2. The molecule has 0 spiro atoms. The lowest BCUT2D eigenvalue weighted by atomic mass is 10.1. The summed E-state index contributed by atoms with van der Waals surface area (Å²) in [6.45, 7) is -0.413. The van der Waals surface area contributed by atoms with Crippen LogP contribution in [0.2, 0.25) is 0 Å². The second kappa shape index (κ2) is 9.00. The Balaban J connectivity index is 1.72. The number of carbonyl (C=O) groups excluding carboxylic acids is 3. The van der Waals surface area contributed by atoms with Crippen molar-refractivity contribution in [3.05, 3.63) is 58.2 Å². The molecule has 1 aliphatic heterocycles. The van der Waals surface area contributed by atoms with E-state index < -0.39 is 24.4 Å². The summed E-state index contributed by atoms with van der Waals surface area (Å²) in [5.41, 5.74) is 2.28. The predicted octanol–water partition coefficient (Wildman–Crippen LogP) is 3.06. The van der Waals surface area contributed by atoms with Gasteiger partial charge >= 0.3 is 6.03 Å². The lowest BCUT2D eigenvalue weighted by Gasteiger charge is -2.14. The minimum absolute atomic E-state index is 0.106. The van der Waals surface area contributed by atoms with Crippen LogP contribution in [0.1, 0.15) is 5.56 Å². The summed E-state index contributed by atoms with van der Waals surface area (Å²) in [5.74, 6) is -0.597. The van der Waals surface area contributed by atoms with E-state index in [2.05, 4.69) is 26.6 Å². The molecule has 3 rings (SSSR count). The topological polar surface area (TPSA) is 91.0 Å². The number of anilines is 2. The molecule has 9 heteroatoms. The Labute approximate surface area is 182 Å². The minimum atomic E-state index is -0.648.